The minimum absolute atomic E-state index is 0.0397. The molecule has 0 fully saturated rings. The van der Waals surface area contributed by atoms with E-state index in [4.69, 9.17) is 16.9 Å². The predicted molar refractivity (Wildman–Crippen MR) is 75.1 cm³/mol. The number of ether oxygens (including phenoxy) is 1. The van der Waals surface area contributed by atoms with Gasteiger partial charge in [0.15, 0.2) is 6.61 Å². The van der Waals surface area contributed by atoms with Crippen molar-refractivity contribution < 1.29 is 23.1 Å². The van der Waals surface area contributed by atoms with E-state index in [0.29, 0.717) is 6.07 Å². The fourth-order valence-electron chi connectivity index (χ4n) is 1.59. The Kier molecular flexibility index (Phi) is 5.73. The molecule has 0 heterocycles. The van der Waals surface area contributed by atoms with E-state index >= 15 is 0 Å². The molecule has 5 N–H and O–H groups in total. The number of rotatable bonds is 6. The number of nitrogens with one attached hydrogen (secondary N) is 1. The number of allylic oxidation sites excluding steroid dienone is 1. The smallest absolute Gasteiger partial charge is 0.344 e. The first-order valence-electron chi connectivity index (χ1n) is 6.26. The molecular weight excluding hydrogens is 296 g/mol. The van der Waals surface area contributed by atoms with E-state index in [1.807, 2.05) is 0 Å². The maximum Gasteiger partial charge on any atom is 0.344 e. The summed E-state index contributed by atoms with van der Waals surface area (Å²) in [4.78, 5) is 23.5. The van der Waals surface area contributed by atoms with E-state index in [-0.39, 0.29) is 17.7 Å². The summed E-state index contributed by atoms with van der Waals surface area (Å²) in [5.74, 6) is -4.39. The molecule has 1 aromatic carbocycles. The van der Waals surface area contributed by atoms with Crippen LogP contribution in [0.4, 0.5) is 8.78 Å². The first kappa shape index (κ1) is 17.3. The molecule has 6 nitrogen and oxygen atoms in total. The number of esters is 1. The molecule has 0 bridgehead atoms. The average Bonchev–Trinajstić information content (AvgIpc) is 2.44. The van der Waals surface area contributed by atoms with Crippen LogP contribution < -0.4 is 11.5 Å². The summed E-state index contributed by atoms with van der Waals surface area (Å²) in [5, 5.41) is 7.28. The summed E-state index contributed by atoms with van der Waals surface area (Å²) in [6.45, 7) is 0.861. The summed E-state index contributed by atoms with van der Waals surface area (Å²) in [7, 11) is 0. The predicted octanol–water partition coefficient (Wildman–Crippen LogP) is 1.25. The van der Waals surface area contributed by atoms with Gasteiger partial charge in [0.25, 0.3) is 0 Å². The Morgan fingerprint density at radius 2 is 1.91 bits per heavy atom. The highest BCUT2D eigenvalue weighted by atomic mass is 19.1. The Balaban J connectivity index is 2.83. The molecule has 8 heteroatoms. The number of carbonyl (C=O) groups excluding carboxylic acids is 2. The first-order chi connectivity index (χ1) is 10.3. The summed E-state index contributed by atoms with van der Waals surface area (Å²) >= 11 is 0. The molecule has 22 heavy (non-hydrogen) atoms. The zero-order valence-corrected chi connectivity index (χ0v) is 11.8. The number of benzene rings is 1. The van der Waals surface area contributed by atoms with Crippen LogP contribution >= 0.6 is 0 Å². The molecule has 1 rings (SSSR count). The molecule has 0 aromatic heterocycles. The molecular formula is C14H15F2N3O3. The monoisotopic (exact) mass is 311 g/mol. The fourth-order valence-corrected chi connectivity index (χ4v) is 1.59. The standard InChI is InChI=1S/C14H15F2N3O3/c1-2-10(17)12(13(18)19)14(21)22-6-11(20)8-4-3-7(15)5-9(8)16/h3-5H,2,6,17H2,1H3,(H3,18,19). The number of hydrogen-bond donors (Lipinski definition) is 3. The minimum Gasteiger partial charge on any atom is -0.454 e. The Bertz CT molecular complexity index is 657. The third kappa shape index (κ3) is 4.11. The highest BCUT2D eigenvalue weighted by Gasteiger charge is 2.20. The van der Waals surface area contributed by atoms with Crippen LogP contribution in [0.5, 0.6) is 0 Å². The zero-order chi connectivity index (χ0) is 16.9. The number of Topliss-reactive ketones (excluding diaryl/α,β-unsaturated/α-hetero) is 1. The Hall–Kier alpha value is -2.77. The van der Waals surface area contributed by atoms with Gasteiger partial charge in [0.2, 0.25) is 5.78 Å². The number of ketones is 1. The van der Waals surface area contributed by atoms with Gasteiger partial charge in [-0.25, -0.2) is 13.6 Å². The molecule has 0 amide bonds. The first-order valence-corrected chi connectivity index (χ1v) is 6.26. The van der Waals surface area contributed by atoms with Crippen molar-refractivity contribution in [2.75, 3.05) is 6.61 Å². The quantitative estimate of drug-likeness (QED) is 0.240. The van der Waals surface area contributed by atoms with Crippen molar-refractivity contribution in [1.29, 1.82) is 5.41 Å². The highest BCUT2D eigenvalue weighted by Crippen LogP contribution is 2.11. The van der Waals surface area contributed by atoms with Crippen LogP contribution in [0.1, 0.15) is 23.7 Å². The van der Waals surface area contributed by atoms with Gasteiger partial charge in [0.1, 0.15) is 23.0 Å². The van der Waals surface area contributed by atoms with Crippen LogP contribution in [-0.2, 0) is 9.53 Å². The van der Waals surface area contributed by atoms with Gasteiger partial charge in [-0.3, -0.25) is 10.2 Å². The molecule has 1 aromatic rings. The summed E-state index contributed by atoms with van der Waals surface area (Å²) in [6, 6.07) is 2.40. The zero-order valence-electron chi connectivity index (χ0n) is 11.8. The average molecular weight is 311 g/mol. The van der Waals surface area contributed by atoms with E-state index in [1.165, 1.54) is 0 Å². The lowest BCUT2D eigenvalue weighted by Gasteiger charge is -2.09. The van der Waals surface area contributed by atoms with Crippen molar-refractivity contribution in [3.63, 3.8) is 0 Å². The van der Waals surface area contributed by atoms with Gasteiger partial charge in [0.05, 0.1) is 5.56 Å². The largest absolute Gasteiger partial charge is 0.454 e. The maximum atomic E-state index is 13.4. The number of halogens is 2. The van der Waals surface area contributed by atoms with Crippen LogP contribution in [0, 0.1) is 17.0 Å². The topological polar surface area (TPSA) is 119 Å². The van der Waals surface area contributed by atoms with Crippen molar-refractivity contribution in [3.8, 4) is 0 Å². The number of amidine groups is 1. The van der Waals surface area contributed by atoms with Crippen molar-refractivity contribution in [3.05, 3.63) is 46.7 Å². The van der Waals surface area contributed by atoms with Gasteiger partial charge >= 0.3 is 5.97 Å². The molecule has 0 spiro atoms. The minimum atomic E-state index is -1.06. The molecule has 0 aliphatic rings. The molecule has 118 valence electrons. The Labute approximate surface area is 125 Å². The summed E-state index contributed by atoms with van der Waals surface area (Å²) in [5.41, 5.74) is 10.1. The molecule has 0 atom stereocenters. The third-order valence-electron chi connectivity index (χ3n) is 2.74. The molecule has 0 unspecified atom stereocenters. The van der Waals surface area contributed by atoms with Crippen LogP contribution in [0.15, 0.2) is 29.5 Å². The van der Waals surface area contributed by atoms with Crippen LogP contribution in [0.2, 0.25) is 0 Å². The van der Waals surface area contributed by atoms with Gasteiger partial charge in [-0.05, 0) is 18.6 Å². The second kappa shape index (κ2) is 7.30. The van der Waals surface area contributed by atoms with Crippen molar-refractivity contribution in [2.24, 2.45) is 11.5 Å². The lowest BCUT2D eigenvalue weighted by molar-refractivity contribution is -0.137. The maximum absolute atomic E-state index is 13.4. The van der Waals surface area contributed by atoms with E-state index in [2.05, 4.69) is 4.74 Å². The Morgan fingerprint density at radius 3 is 2.41 bits per heavy atom. The van der Waals surface area contributed by atoms with Gasteiger partial charge in [-0.1, -0.05) is 6.92 Å². The summed E-state index contributed by atoms with van der Waals surface area (Å²) < 4.78 is 30.8. The van der Waals surface area contributed by atoms with Crippen molar-refractivity contribution in [1.82, 2.24) is 0 Å². The summed E-state index contributed by atoms with van der Waals surface area (Å²) in [6.07, 6.45) is 0.255. The lowest BCUT2D eigenvalue weighted by atomic mass is 10.1. The van der Waals surface area contributed by atoms with Gasteiger partial charge in [-0.15, -0.1) is 0 Å². The van der Waals surface area contributed by atoms with E-state index in [9.17, 15) is 18.4 Å². The van der Waals surface area contributed by atoms with Gasteiger partial charge < -0.3 is 16.2 Å². The fraction of sp³-hybridized carbons (Fsp3) is 0.214. The highest BCUT2D eigenvalue weighted by molar-refractivity contribution is 6.17. The van der Waals surface area contributed by atoms with Crippen LogP contribution in [0.3, 0.4) is 0 Å². The van der Waals surface area contributed by atoms with Gasteiger partial charge in [0, 0.05) is 11.8 Å². The molecule has 0 aliphatic heterocycles. The van der Waals surface area contributed by atoms with Crippen LogP contribution in [-0.4, -0.2) is 24.2 Å². The Morgan fingerprint density at radius 1 is 1.27 bits per heavy atom. The van der Waals surface area contributed by atoms with E-state index < -0.39 is 41.4 Å². The molecule has 0 radical (unpaired) electrons. The van der Waals surface area contributed by atoms with Crippen molar-refractivity contribution >= 4 is 17.6 Å². The normalized spacial score (nSPS) is 11.6. The second-order valence-electron chi connectivity index (χ2n) is 4.29. The van der Waals surface area contributed by atoms with Gasteiger partial charge in [-0.2, -0.15) is 0 Å². The van der Waals surface area contributed by atoms with E-state index in [0.717, 1.165) is 12.1 Å². The number of nitrogens with two attached hydrogens (primary N) is 2. The van der Waals surface area contributed by atoms with Crippen molar-refractivity contribution in [2.45, 2.75) is 13.3 Å². The van der Waals surface area contributed by atoms with Crippen LogP contribution in [0.25, 0.3) is 0 Å². The number of hydrogen-bond acceptors (Lipinski definition) is 5. The molecule has 0 saturated heterocycles. The number of carbonyl (C=O) groups is 2. The van der Waals surface area contributed by atoms with E-state index in [1.54, 1.807) is 6.92 Å². The second-order valence-corrected chi connectivity index (χ2v) is 4.29. The SMILES string of the molecule is CCC(N)=C(C(=N)N)C(=O)OCC(=O)c1ccc(F)cc1F. The third-order valence-corrected chi connectivity index (χ3v) is 2.74. The lowest BCUT2D eigenvalue weighted by Crippen LogP contribution is -2.27. The molecule has 0 aliphatic carbocycles. The molecule has 0 saturated carbocycles.